The maximum Gasteiger partial charge on any atom is 0.223 e. The highest BCUT2D eigenvalue weighted by atomic mass is 35.5. The van der Waals surface area contributed by atoms with Gasteiger partial charge in [-0.1, -0.05) is 29.8 Å². The summed E-state index contributed by atoms with van der Waals surface area (Å²) in [6.07, 6.45) is 5.29. The van der Waals surface area contributed by atoms with Crippen LogP contribution in [0.25, 0.3) is 22.2 Å². The first-order chi connectivity index (χ1) is 19.3. The van der Waals surface area contributed by atoms with Crippen LogP contribution >= 0.6 is 23.2 Å². The van der Waals surface area contributed by atoms with Crippen molar-refractivity contribution in [3.8, 4) is 22.8 Å². The fourth-order valence-corrected chi connectivity index (χ4v) is 6.03. The Balaban J connectivity index is 1.57. The molecule has 2 fully saturated rings. The molecule has 40 heavy (non-hydrogen) atoms. The van der Waals surface area contributed by atoms with Crippen molar-refractivity contribution in [3.05, 3.63) is 46.7 Å². The van der Waals surface area contributed by atoms with Crippen LogP contribution in [-0.4, -0.2) is 90.3 Å². The highest BCUT2D eigenvalue weighted by Gasteiger charge is 2.30. The van der Waals surface area contributed by atoms with E-state index < -0.39 is 6.23 Å². The molecule has 2 aliphatic rings. The molecule has 4 heterocycles. The number of benzene rings is 1. The van der Waals surface area contributed by atoms with E-state index in [1.54, 1.807) is 26.5 Å². The molecule has 2 aromatic heterocycles. The number of ether oxygens (including phenoxy) is 3. The molecule has 0 saturated carbocycles. The summed E-state index contributed by atoms with van der Waals surface area (Å²) in [4.78, 5) is 16.9. The molecule has 2 unspecified atom stereocenters. The zero-order chi connectivity index (χ0) is 28.4. The number of halogens is 2. The van der Waals surface area contributed by atoms with E-state index in [9.17, 15) is 5.11 Å². The summed E-state index contributed by atoms with van der Waals surface area (Å²) in [5.74, 6) is 1.34. The second kappa shape index (κ2) is 12.4. The Morgan fingerprint density at radius 1 is 1.18 bits per heavy atom. The number of aromatic nitrogens is 3. The maximum absolute atomic E-state index is 9.97. The molecule has 10 nitrogen and oxygen atoms in total. The van der Waals surface area contributed by atoms with Gasteiger partial charge in [0, 0.05) is 35.7 Å². The Kier molecular flexibility index (Phi) is 8.94. The number of rotatable bonds is 10. The summed E-state index contributed by atoms with van der Waals surface area (Å²) in [6.45, 7) is 5.57. The highest BCUT2D eigenvalue weighted by molar-refractivity contribution is 6.41. The van der Waals surface area contributed by atoms with Crippen LogP contribution in [0.2, 0.25) is 10.0 Å². The summed E-state index contributed by atoms with van der Waals surface area (Å²) in [7, 11) is 5.23. The van der Waals surface area contributed by atoms with E-state index in [4.69, 9.17) is 47.4 Å². The van der Waals surface area contributed by atoms with Gasteiger partial charge in [0.1, 0.15) is 17.7 Å². The monoisotopic (exact) mass is 588 g/mol. The number of hydrogen-bond acceptors (Lipinski definition) is 10. The molecule has 0 radical (unpaired) electrons. The molecule has 0 amide bonds. The van der Waals surface area contributed by atoms with E-state index in [2.05, 4.69) is 34.1 Å². The quantitative estimate of drug-likeness (QED) is 0.238. The lowest BCUT2D eigenvalue weighted by molar-refractivity contribution is 0.149. The predicted molar refractivity (Wildman–Crippen MR) is 157 cm³/mol. The molecule has 214 valence electrons. The minimum Gasteiger partial charge on any atom is -0.495 e. The van der Waals surface area contributed by atoms with Crippen LogP contribution in [-0.2, 0) is 11.2 Å². The van der Waals surface area contributed by atoms with Crippen molar-refractivity contribution in [1.82, 2.24) is 25.2 Å². The summed E-state index contributed by atoms with van der Waals surface area (Å²) in [5, 5.41) is 17.9. The molecular weight excluding hydrogens is 555 g/mol. The number of anilines is 1. The van der Waals surface area contributed by atoms with Crippen molar-refractivity contribution >= 4 is 40.1 Å². The third-order valence-corrected chi connectivity index (χ3v) is 8.32. The van der Waals surface area contributed by atoms with Gasteiger partial charge in [-0.3, -0.25) is 10.3 Å². The van der Waals surface area contributed by atoms with Crippen molar-refractivity contribution in [3.63, 3.8) is 0 Å². The average molecular weight is 590 g/mol. The normalized spacial score (nSPS) is 22.0. The second-order valence-corrected chi connectivity index (χ2v) is 10.8. The summed E-state index contributed by atoms with van der Waals surface area (Å²) < 4.78 is 16.6. The lowest BCUT2D eigenvalue weighted by Crippen LogP contribution is -2.47. The lowest BCUT2D eigenvalue weighted by atomic mass is 10.0. The third kappa shape index (κ3) is 5.83. The number of aliphatic hydroxyl groups is 1. The van der Waals surface area contributed by atoms with Gasteiger partial charge < -0.3 is 29.5 Å². The molecule has 0 spiro atoms. The van der Waals surface area contributed by atoms with Crippen LogP contribution in [0.3, 0.4) is 0 Å². The van der Waals surface area contributed by atoms with Crippen LogP contribution in [0.1, 0.15) is 18.5 Å². The Morgan fingerprint density at radius 3 is 2.55 bits per heavy atom. The topological polar surface area (TPSA) is 114 Å². The van der Waals surface area contributed by atoms with Crippen LogP contribution in [0.4, 0.5) is 5.95 Å². The first kappa shape index (κ1) is 28.8. The van der Waals surface area contributed by atoms with Gasteiger partial charge in [0.2, 0.25) is 5.95 Å². The number of likely N-dealkylation sites (N-methyl/N-ethyl adjacent to an activating group) is 1. The summed E-state index contributed by atoms with van der Waals surface area (Å²) in [5.41, 5.74) is 2.69. The number of nitrogens with one attached hydrogen (secondary N) is 2. The minimum absolute atomic E-state index is 0.133. The minimum atomic E-state index is -0.833. The summed E-state index contributed by atoms with van der Waals surface area (Å²) in [6, 6.07) is 3.61. The van der Waals surface area contributed by atoms with E-state index in [0.717, 1.165) is 36.0 Å². The molecule has 1 aromatic carbocycles. The fourth-order valence-electron chi connectivity index (χ4n) is 5.33. The predicted octanol–water partition coefficient (Wildman–Crippen LogP) is 3.93. The number of aliphatic hydroxyl groups excluding tert-OH is 1. The second-order valence-electron chi connectivity index (χ2n) is 10.1. The summed E-state index contributed by atoms with van der Waals surface area (Å²) >= 11 is 13.5. The first-order valence-electron chi connectivity index (χ1n) is 13.2. The zero-order valence-corrected chi connectivity index (χ0v) is 24.3. The van der Waals surface area contributed by atoms with Gasteiger partial charge in [-0.2, -0.15) is 0 Å². The number of nitrogens with zero attached hydrogens (tertiary/aromatic N) is 4. The lowest BCUT2D eigenvalue weighted by Gasteiger charge is -2.23. The van der Waals surface area contributed by atoms with Crippen LogP contribution in [0, 0.1) is 0 Å². The van der Waals surface area contributed by atoms with Gasteiger partial charge in [0.25, 0.3) is 0 Å². The first-order valence-corrected chi connectivity index (χ1v) is 14.0. The van der Waals surface area contributed by atoms with E-state index in [1.807, 2.05) is 6.07 Å². The van der Waals surface area contributed by atoms with Crippen LogP contribution < -0.4 is 20.1 Å². The fraction of sp³-hybridized carbons (Fsp3) is 0.464. The molecule has 2 saturated heterocycles. The number of pyridine rings is 1. The number of likely N-dealkylation sites (tertiary alicyclic amines) is 1. The maximum atomic E-state index is 9.97. The van der Waals surface area contributed by atoms with Crippen molar-refractivity contribution in [2.45, 2.75) is 43.6 Å². The van der Waals surface area contributed by atoms with Gasteiger partial charge in [-0.15, -0.1) is 0 Å². The van der Waals surface area contributed by atoms with E-state index in [-0.39, 0.29) is 12.1 Å². The van der Waals surface area contributed by atoms with Crippen molar-refractivity contribution in [1.29, 1.82) is 0 Å². The number of methoxy groups -OCH3 is 2. The molecule has 3 N–H and O–H groups in total. The van der Waals surface area contributed by atoms with Crippen molar-refractivity contribution in [2.24, 2.45) is 0 Å². The SMILES string of the molecule is C=CC(O)N[C@H]1COC[C@H]1Nc1ncc2cc(-c3c(Cl)c(OC)cc(OC)c3Cl)nc(CC3CCCN3C)c2n1. The molecule has 4 atom stereocenters. The number of fused-ring (bicyclic) bond motifs is 1. The Hall–Kier alpha value is -2.73. The molecule has 3 aromatic rings. The molecule has 0 aliphatic carbocycles. The van der Waals surface area contributed by atoms with Gasteiger partial charge in [-0.25, -0.2) is 9.97 Å². The Bertz CT molecular complexity index is 1360. The molecule has 0 bridgehead atoms. The molecular formula is C28H34Cl2N6O4. The van der Waals surface area contributed by atoms with Crippen molar-refractivity contribution < 1.29 is 19.3 Å². The average Bonchev–Trinajstić information content (AvgIpc) is 3.56. The smallest absolute Gasteiger partial charge is 0.223 e. The molecule has 5 rings (SSSR count). The molecule has 2 aliphatic heterocycles. The van der Waals surface area contributed by atoms with E-state index in [1.165, 1.54) is 6.08 Å². The highest BCUT2D eigenvalue weighted by Crippen LogP contribution is 2.46. The van der Waals surface area contributed by atoms with E-state index in [0.29, 0.717) is 64.4 Å². The largest absolute Gasteiger partial charge is 0.495 e. The van der Waals surface area contributed by atoms with Gasteiger partial charge >= 0.3 is 0 Å². The van der Waals surface area contributed by atoms with Crippen molar-refractivity contribution in [2.75, 3.05) is 46.3 Å². The Labute approximate surface area is 243 Å². The van der Waals surface area contributed by atoms with Gasteiger partial charge in [0.05, 0.1) is 66.5 Å². The van der Waals surface area contributed by atoms with Crippen LogP contribution in [0.5, 0.6) is 11.5 Å². The third-order valence-electron chi connectivity index (χ3n) is 7.57. The van der Waals surface area contributed by atoms with Crippen LogP contribution in [0.15, 0.2) is 31.0 Å². The number of hydrogen-bond donors (Lipinski definition) is 3. The molecule has 12 heteroatoms. The van der Waals surface area contributed by atoms with Gasteiger partial charge in [-0.05, 0) is 38.6 Å². The zero-order valence-electron chi connectivity index (χ0n) is 22.8. The standard InChI is InChI=1S/C28H34Cl2N6O4/c1-5-23(37)33-19-13-40-14-20(19)34-28-31-12-15-9-17(24-25(29)21(38-3)11-22(39-4)26(24)30)32-18(27(15)35-28)10-16-7-6-8-36(16)2/h5,9,11-12,16,19-20,23,33,37H,1,6-8,10,13-14H2,2-4H3,(H,31,34,35)/t16?,19-,20+,23?/m0/s1. The van der Waals surface area contributed by atoms with E-state index >= 15 is 0 Å². The van der Waals surface area contributed by atoms with Gasteiger partial charge in [0.15, 0.2) is 0 Å². The Morgan fingerprint density at radius 2 is 1.90 bits per heavy atom.